The molecule has 2 aromatic rings. The van der Waals surface area contributed by atoms with Crippen LogP contribution in [-0.2, 0) is 27.5 Å². The van der Waals surface area contributed by atoms with E-state index in [-0.39, 0.29) is 13.4 Å². The lowest BCUT2D eigenvalue weighted by Crippen LogP contribution is -2.14. The molecule has 0 fully saturated rings. The number of esters is 1. The molecule has 5 heteroatoms. The summed E-state index contributed by atoms with van der Waals surface area (Å²) >= 11 is 6.07. The molecule has 0 aromatic heterocycles. The van der Waals surface area contributed by atoms with Gasteiger partial charge in [0, 0.05) is 22.2 Å². The SMILES string of the molecule is O=C(/C=C/c1ccccc1)OCc1cc(Cl)cc2c1OCOC2. The summed E-state index contributed by atoms with van der Waals surface area (Å²) in [6.07, 6.45) is 3.11. The Morgan fingerprint density at radius 3 is 2.91 bits per heavy atom. The molecule has 1 aliphatic rings. The number of carbonyl (C=O) groups is 1. The Kier molecular flexibility index (Phi) is 4.95. The monoisotopic (exact) mass is 330 g/mol. The molecule has 4 nitrogen and oxygen atoms in total. The van der Waals surface area contributed by atoms with Crippen molar-refractivity contribution in [1.29, 1.82) is 0 Å². The maximum absolute atomic E-state index is 11.8. The van der Waals surface area contributed by atoms with Crippen molar-refractivity contribution in [2.24, 2.45) is 0 Å². The van der Waals surface area contributed by atoms with E-state index in [4.69, 9.17) is 25.8 Å². The number of hydrogen-bond acceptors (Lipinski definition) is 4. The van der Waals surface area contributed by atoms with Gasteiger partial charge in [-0.2, -0.15) is 0 Å². The van der Waals surface area contributed by atoms with Crippen LogP contribution in [0.5, 0.6) is 5.75 Å². The van der Waals surface area contributed by atoms with E-state index in [1.165, 1.54) is 6.08 Å². The van der Waals surface area contributed by atoms with E-state index < -0.39 is 5.97 Å². The quantitative estimate of drug-likeness (QED) is 0.628. The summed E-state index contributed by atoms with van der Waals surface area (Å²) in [6, 6.07) is 13.1. The number of carbonyl (C=O) groups excluding carboxylic acids is 1. The Balaban J connectivity index is 1.65. The van der Waals surface area contributed by atoms with Crippen molar-refractivity contribution in [3.05, 3.63) is 70.3 Å². The van der Waals surface area contributed by atoms with E-state index in [0.717, 1.165) is 16.7 Å². The van der Waals surface area contributed by atoms with Gasteiger partial charge in [-0.1, -0.05) is 41.9 Å². The van der Waals surface area contributed by atoms with Gasteiger partial charge in [-0.25, -0.2) is 4.79 Å². The molecule has 2 aromatic carbocycles. The van der Waals surface area contributed by atoms with Gasteiger partial charge in [0.15, 0.2) is 6.79 Å². The van der Waals surface area contributed by atoms with Gasteiger partial charge in [0.1, 0.15) is 12.4 Å². The molecule has 0 spiro atoms. The summed E-state index contributed by atoms with van der Waals surface area (Å²) in [7, 11) is 0. The zero-order valence-electron chi connectivity index (χ0n) is 12.3. The van der Waals surface area contributed by atoms with Crippen LogP contribution in [-0.4, -0.2) is 12.8 Å². The minimum Gasteiger partial charge on any atom is -0.467 e. The molecule has 0 amide bonds. The second-order valence-corrected chi connectivity index (χ2v) is 5.45. The standard InChI is InChI=1S/C18H15ClO4/c19-16-8-14-10-21-12-23-18(14)15(9-16)11-22-17(20)7-6-13-4-2-1-3-5-13/h1-9H,10-12H2/b7-6+. The van der Waals surface area contributed by atoms with Crippen molar-refractivity contribution in [1.82, 2.24) is 0 Å². The predicted molar refractivity (Wildman–Crippen MR) is 87.0 cm³/mol. The van der Waals surface area contributed by atoms with Crippen molar-refractivity contribution in [2.75, 3.05) is 6.79 Å². The highest BCUT2D eigenvalue weighted by Crippen LogP contribution is 2.32. The fourth-order valence-corrected chi connectivity index (χ4v) is 2.55. The van der Waals surface area contributed by atoms with Gasteiger partial charge in [-0.15, -0.1) is 0 Å². The molecule has 0 unspecified atom stereocenters. The summed E-state index contributed by atoms with van der Waals surface area (Å²) < 4.78 is 16.0. The van der Waals surface area contributed by atoms with Crippen LogP contribution in [0.15, 0.2) is 48.5 Å². The lowest BCUT2D eigenvalue weighted by molar-refractivity contribution is -0.139. The molecule has 0 aliphatic carbocycles. The highest BCUT2D eigenvalue weighted by atomic mass is 35.5. The molecule has 1 aliphatic heterocycles. The Morgan fingerprint density at radius 1 is 1.26 bits per heavy atom. The topological polar surface area (TPSA) is 44.8 Å². The molecule has 3 rings (SSSR count). The lowest BCUT2D eigenvalue weighted by atomic mass is 10.1. The fourth-order valence-electron chi connectivity index (χ4n) is 2.29. The van der Waals surface area contributed by atoms with Gasteiger partial charge in [0.05, 0.1) is 6.61 Å². The highest BCUT2D eigenvalue weighted by molar-refractivity contribution is 6.30. The first-order valence-electron chi connectivity index (χ1n) is 7.14. The zero-order valence-corrected chi connectivity index (χ0v) is 13.1. The number of benzene rings is 2. The minimum absolute atomic E-state index is 0.0981. The number of ether oxygens (including phenoxy) is 3. The van der Waals surface area contributed by atoms with Crippen LogP contribution in [0.2, 0.25) is 5.02 Å². The van der Waals surface area contributed by atoms with Gasteiger partial charge >= 0.3 is 5.97 Å². The smallest absolute Gasteiger partial charge is 0.331 e. The number of fused-ring (bicyclic) bond motifs is 1. The van der Waals surface area contributed by atoms with Crippen LogP contribution in [0.25, 0.3) is 6.08 Å². The molecule has 23 heavy (non-hydrogen) atoms. The normalized spacial score (nSPS) is 13.4. The van der Waals surface area contributed by atoms with Crippen LogP contribution in [0.3, 0.4) is 0 Å². The molecule has 0 saturated heterocycles. The minimum atomic E-state index is -0.422. The number of halogens is 1. The average molecular weight is 331 g/mol. The van der Waals surface area contributed by atoms with Crippen LogP contribution in [0, 0.1) is 0 Å². The van der Waals surface area contributed by atoms with Crippen LogP contribution >= 0.6 is 11.6 Å². The van der Waals surface area contributed by atoms with E-state index in [1.54, 1.807) is 18.2 Å². The van der Waals surface area contributed by atoms with E-state index in [2.05, 4.69) is 0 Å². The summed E-state index contributed by atoms with van der Waals surface area (Å²) in [5.41, 5.74) is 2.52. The molecular weight excluding hydrogens is 316 g/mol. The van der Waals surface area contributed by atoms with Gasteiger partial charge in [-0.3, -0.25) is 0 Å². The van der Waals surface area contributed by atoms with Gasteiger partial charge in [0.2, 0.25) is 0 Å². The molecule has 0 N–H and O–H groups in total. The third-order valence-corrected chi connectivity index (χ3v) is 3.55. The van der Waals surface area contributed by atoms with Crippen molar-refractivity contribution in [3.8, 4) is 5.75 Å². The van der Waals surface area contributed by atoms with Crippen molar-refractivity contribution in [3.63, 3.8) is 0 Å². The summed E-state index contributed by atoms with van der Waals surface area (Å²) in [4.78, 5) is 11.8. The van der Waals surface area contributed by atoms with E-state index in [9.17, 15) is 4.79 Å². The Bertz CT molecular complexity index is 725. The van der Waals surface area contributed by atoms with Gasteiger partial charge in [-0.05, 0) is 23.8 Å². The highest BCUT2D eigenvalue weighted by Gasteiger charge is 2.17. The van der Waals surface area contributed by atoms with Crippen LogP contribution in [0.1, 0.15) is 16.7 Å². The Labute approximate surface area is 139 Å². The first kappa shape index (κ1) is 15.6. The molecule has 0 bridgehead atoms. The summed E-state index contributed by atoms with van der Waals surface area (Å²) in [6.45, 7) is 0.717. The van der Waals surface area contributed by atoms with Crippen molar-refractivity contribution >= 4 is 23.6 Å². The van der Waals surface area contributed by atoms with Crippen molar-refractivity contribution in [2.45, 2.75) is 13.2 Å². The van der Waals surface area contributed by atoms with Gasteiger partial charge in [0.25, 0.3) is 0 Å². The first-order valence-corrected chi connectivity index (χ1v) is 7.52. The second-order valence-electron chi connectivity index (χ2n) is 5.02. The second kappa shape index (κ2) is 7.31. The molecule has 0 atom stereocenters. The van der Waals surface area contributed by atoms with Crippen LogP contribution < -0.4 is 4.74 Å². The van der Waals surface area contributed by atoms with E-state index in [0.29, 0.717) is 17.4 Å². The summed E-state index contributed by atoms with van der Waals surface area (Å²) in [5, 5.41) is 0.559. The van der Waals surface area contributed by atoms with Gasteiger partial charge < -0.3 is 14.2 Å². The zero-order chi connectivity index (χ0) is 16.1. The fraction of sp³-hybridized carbons (Fsp3) is 0.167. The summed E-state index contributed by atoms with van der Waals surface area (Å²) in [5.74, 6) is 0.259. The third-order valence-electron chi connectivity index (χ3n) is 3.33. The first-order chi connectivity index (χ1) is 11.2. The molecule has 0 saturated carbocycles. The maximum Gasteiger partial charge on any atom is 0.331 e. The van der Waals surface area contributed by atoms with Crippen LogP contribution in [0.4, 0.5) is 0 Å². The Morgan fingerprint density at radius 2 is 2.09 bits per heavy atom. The maximum atomic E-state index is 11.8. The molecular formula is C18H15ClO4. The number of rotatable bonds is 4. The van der Waals surface area contributed by atoms with Crippen molar-refractivity contribution < 1.29 is 19.0 Å². The lowest BCUT2D eigenvalue weighted by Gasteiger charge is -2.20. The molecule has 0 radical (unpaired) electrons. The third kappa shape index (κ3) is 4.12. The molecule has 1 heterocycles. The van der Waals surface area contributed by atoms with E-state index >= 15 is 0 Å². The van der Waals surface area contributed by atoms with E-state index in [1.807, 2.05) is 30.3 Å². The Hall–Kier alpha value is -2.30. The largest absolute Gasteiger partial charge is 0.467 e. The predicted octanol–water partition coefficient (Wildman–Crippen LogP) is 3.96. The number of hydrogen-bond donors (Lipinski definition) is 0. The average Bonchev–Trinajstić information content (AvgIpc) is 2.58. The molecule has 118 valence electrons.